The van der Waals surface area contributed by atoms with Crippen LogP contribution in [0.1, 0.15) is 21.6 Å². The maximum atomic E-state index is 12.6. The Hall–Kier alpha value is -3.59. The summed E-state index contributed by atoms with van der Waals surface area (Å²) in [6.45, 7) is 2.20. The van der Waals surface area contributed by atoms with Crippen LogP contribution in [0.25, 0.3) is 10.8 Å². The Morgan fingerprint density at radius 2 is 1.93 bits per heavy atom. The van der Waals surface area contributed by atoms with E-state index in [1.54, 1.807) is 24.3 Å². The Morgan fingerprint density at radius 1 is 1.21 bits per heavy atom. The van der Waals surface area contributed by atoms with Gasteiger partial charge in [0.05, 0.1) is 35.7 Å². The third kappa shape index (κ3) is 4.14. The number of nitrogens with one attached hydrogen (secondary N) is 1. The summed E-state index contributed by atoms with van der Waals surface area (Å²) in [5.41, 5.74) is 0.679. The number of nitro groups is 1. The zero-order valence-corrected chi connectivity index (χ0v) is 16.0. The van der Waals surface area contributed by atoms with Gasteiger partial charge in [0.15, 0.2) is 0 Å². The molecule has 1 heterocycles. The molecule has 0 unspecified atom stereocenters. The van der Waals surface area contributed by atoms with Crippen LogP contribution >= 0.6 is 0 Å². The zero-order valence-electron chi connectivity index (χ0n) is 16.0. The third-order valence-electron chi connectivity index (χ3n) is 4.61. The summed E-state index contributed by atoms with van der Waals surface area (Å²) >= 11 is 0. The molecule has 0 bridgehead atoms. The first-order chi connectivity index (χ1) is 13.9. The topological polar surface area (TPSA) is 116 Å². The van der Waals surface area contributed by atoms with E-state index in [1.807, 2.05) is 0 Å². The molecule has 0 radical (unpaired) electrons. The number of carbonyl (C=O) groups is 1. The molecule has 0 fully saturated rings. The molecule has 29 heavy (non-hydrogen) atoms. The number of amides is 1. The molecule has 0 saturated carbocycles. The fourth-order valence-electron chi connectivity index (χ4n) is 3.09. The Bertz CT molecular complexity index is 1140. The minimum atomic E-state index is -0.521. The highest BCUT2D eigenvalue weighted by molar-refractivity contribution is 5.96. The number of methoxy groups -OCH3 is 1. The smallest absolute Gasteiger partial charge is 0.274 e. The number of nitrogens with zero attached hydrogens (tertiary/aromatic N) is 3. The van der Waals surface area contributed by atoms with Gasteiger partial charge in [-0.2, -0.15) is 5.10 Å². The van der Waals surface area contributed by atoms with Gasteiger partial charge in [-0.1, -0.05) is 24.3 Å². The van der Waals surface area contributed by atoms with Crippen LogP contribution in [-0.2, 0) is 17.8 Å². The third-order valence-corrected chi connectivity index (χ3v) is 4.61. The zero-order chi connectivity index (χ0) is 21.0. The van der Waals surface area contributed by atoms with E-state index in [1.165, 1.54) is 36.9 Å². The maximum absolute atomic E-state index is 12.6. The number of hydrogen-bond acceptors (Lipinski definition) is 6. The molecule has 0 aliphatic rings. The van der Waals surface area contributed by atoms with Gasteiger partial charge in [-0.15, -0.1) is 0 Å². The van der Waals surface area contributed by atoms with Crippen LogP contribution in [0, 0.1) is 17.0 Å². The molecule has 2 aromatic carbocycles. The lowest BCUT2D eigenvalue weighted by atomic mass is 10.1. The highest BCUT2D eigenvalue weighted by Crippen LogP contribution is 2.21. The van der Waals surface area contributed by atoms with Crippen molar-refractivity contribution >= 4 is 22.4 Å². The van der Waals surface area contributed by atoms with Crippen molar-refractivity contribution in [1.29, 1.82) is 0 Å². The van der Waals surface area contributed by atoms with Gasteiger partial charge in [0.25, 0.3) is 17.2 Å². The number of carbonyl (C=O) groups excluding carboxylic acids is 1. The van der Waals surface area contributed by atoms with E-state index in [4.69, 9.17) is 4.74 Å². The second-order valence-corrected chi connectivity index (χ2v) is 6.40. The number of fused-ring (bicyclic) bond motifs is 1. The molecule has 0 aliphatic carbocycles. The molecule has 1 N–H and O–H groups in total. The van der Waals surface area contributed by atoms with Gasteiger partial charge in [-0.25, -0.2) is 4.68 Å². The molecular formula is C20H20N4O5. The standard InChI is InChI=1S/C20H20N4O5/c1-13-14(8-5-9-18(13)24(27)28)19(25)21-12-17-15-6-3-4-7-16(15)20(26)23(22-17)10-11-29-2/h3-9H,10-12H2,1-2H3,(H,21,25). The lowest BCUT2D eigenvalue weighted by Gasteiger charge is -2.12. The molecule has 0 spiro atoms. The Morgan fingerprint density at radius 3 is 2.62 bits per heavy atom. The van der Waals surface area contributed by atoms with E-state index in [0.29, 0.717) is 23.1 Å². The first-order valence-corrected chi connectivity index (χ1v) is 8.94. The summed E-state index contributed by atoms with van der Waals surface area (Å²) in [6, 6.07) is 11.4. The molecule has 3 aromatic rings. The van der Waals surface area contributed by atoms with Crippen LogP contribution in [-0.4, -0.2) is 34.3 Å². The fourth-order valence-corrected chi connectivity index (χ4v) is 3.09. The van der Waals surface area contributed by atoms with Crippen molar-refractivity contribution in [3.05, 3.63) is 79.8 Å². The van der Waals surface area contributed by atoms with Gasteiger partial charge < -0.3 is 10.1 Å². The molecule has 9 nitrogen and oxygen atoms in total. The largest absolute Gasteiger partial charge is 0.383 e. The normalized spacial score (nSPS) is 10.8. The van der Waals surface area contributed by atoms with Crippen LogP contribution in [0.15, 0.2) is 47.3 Å². The predicted octanol–water partition coefficient (Wildman–Crippen LogP) is 2.19. The van der Waals surface area contributed by atoms with E-state index in [0.717, 1.165) is 0 Å². The summed E-state index contributed by atoms with van der Waals surface area (Å²) < 4.78 is 6.34. The molecule has 9 heteroatoms. The molecule has 0 aliphatic heterocycles. The summed E-state index contributed by atoms with van der Waals surface area (Å²) in [7, 11) is 1.54. The van der Waals surface area contributed by atoms with E-state index in [2.05, 4.69) is 10.4 Å². The lowest BCUT2D eigenvalue weighted by molar-refractivity contribution is -0.385. The minimum Gasteiger partial charge on any atom is -0.383 e. The Labute approximate surface area is 166 Å². The second-order valence-electron chi connectivity index (χ2n) is 6.40. The number of rotatable bonds is 7. The first kappa shape index (κ1) is 20.2. The average Bonchev–Trinajstić information content (AvgIpc) is 2.72. The van der Waals surface area contributed by atoms with Crippen LogP contribution in [0.2, 0.25) is 0 Å². The molecular weight excluding hydrogens is 376 g/mol. The second kappa shape index (κ2) is 8.61. The van der Waals surface area contributed by atoms with Crippen molar-refractivity contribution in [2.75, 3.05) is 13.7 Å². The number of aromatic nitrogens is 2. The van der Waals surface area contributed by atoms with Gasteiger partial charge in [0.1, 0.15) is 0 Å². The summed E-state index contributed by atoms with van der Waals surface area (Å²) in [5, 5.41) is 19.4. The number of hydrogen-bond donors (Lipinski definition) is 1. The van der Waals surface area contributed by atoms with Crippen LogP contribution in [0.5, 0.6) is 0 Å². The maximum Gasteiger partial charge on any atom is 0.274 e. The van der Waals surface area contributed by atoms with Crippen molar-refractivity contribution in [2.45, 2.75) is 20.0 Å². The molecule has 0 atom stereocenters. The Balaban J connectivity index is 1.92. The van der Waals surface area contributed by atoms with Crippen molar-refractivity contribution in [2.24, 2.45) is 0 Å². The van der Waals surface area contributed by atoms with Crippen LogP contribution in [0.4, 0.5) is 5.69 Å². The number of benzene rings is 2. The summed E-state index contributed by atoms with van der Waals surface area (Å²) in [5.74, 6) is -0.452. The van der Waals surface area contributed by atoms with Gasteiger partial charge in [-0.05, 0) is 19.1 Å². The van der Waals surface area contributed by atoms with Gasteiger partial charge in [-0.3, -0.25) is 19.7 Å². The quantitative estimate of drug-likeness (QED) is 0.483. The van der Waals surface area contributed by atoms with E-state index >= 15 is 0 Å². The minimum absolute atomic E-state index is 0.0642. The van der Waals surface area contributed by atoms with Crippen LogP contribution in [0.3, 0.4) is 0 Å². The van der Waals surface area contributed by atoms with Crippen LogP contribution < -0.4 is 10.9 Å². The predicted molar refractivity (Wildman–Crippen MR) is 107 cm³/mol. The molecule has 0 saturated heterocycles. The number of nitro benzene ring substituents is 1. The molecule has 3 rings (SSSR count). The Kier molecular flexibility index (Phi) is 5.99. The fraction of sp³-hybridized carbons (Fsp3) is 0.250. The highest BCUT2D eigenvalue weighted by atomic mass is 16.6. The SMILES string of the molecule is COCCn1nc(CNC(=O)c2cccc([N+](=O)[O-])c2C)c2ccccc2c1=O. The van der Waals surface area contributed by atoms with E-state index in [9.17, 15) is 19.7 Å². The summed E-state index contributed by atoms with van der Waals surface area (Å²) in [4.78, 5) is 35.8. The molecule has 1 aromatic heterocycles. The van der Waals surface area contributed by atoms with E-state index < -0.39 is 10.8 Å². The number of ether oxygens (including phenoxy) is 1. The van der Waals surface area contributed by atoms with Gasteiger partial charge in [0, 0.05) is 29.7 Å². The van der Waals surface area contributed by atoms with Crippen molar-refractivity contribution in [3.63, 3.8) is 0 Å². The average molecular weight is 396 g/mol. The molecule has 1 amide bonds. The summed E-state index contributed by atoms with van der Waals surface area (Å²) in [6.07, 6.45) is 0. The first-order valence-electron chi connectivity index (χ1n) is 8.94. The van der Waals surface area contributed by atoms with Crippen molar-refractivity contribution in [1.82, 2.24) is 15.1 Å². The van der Waals surface area contributed by atoms with Crippen molar-refractivity contribution in [3.8, 4) is 0 Å². The monoisotopic (exact) mass is 396 g/mol. The van der Waals surface area contributed by atoms with Gasteiger partial charge >= 0.3 is 0 Å². The highest BCUT2D eigenvalue weighted by Gasteiger charge is 2.18. The van der Waals surface area contributed by atoms with E-state index in [-0.39, 0.29) is 35.5 Å². The van der Waals surface area contributed by atoms with Crippen molar-refractivity contribution < 1.29 is 14.5 Å². The molecule has 150 valence electrons. The lowest BCUT2D eigenvalue weighted by Crippen LogP contribution is -2.29. The van der Waals surface area contributed by atoms with Gasteiger partial charge in [0.2, 0.25) is 0 Å².